The van der Waals surface area contributed by atoms with Gasteiger partial charge in [-0.25, -0.2) is 0 Å². The van der Waals surface area contributed by atoms with Crippen molar-refractivity contribution < 1.29 is 5.11 Å². The predicted octanol–water partition coefficient (Wildman–Crippen LogP) is 1.76. The number of benzene rings is 1. The lowest BCUT2D eigenvalue weighted by Crippen LogP contribution is -2.54. The van der Waals surface area contributed by atoms with Crippen molar-refractivity contribution in [2.45, 2.75) is 31.2 Å². The molecule has 92 valence electrons. The number of hydrogen-bond acceptors (Lipinski definition) is 2. The van der Waals surface area contributed by atoms with Gasteiger partial charge in [0.25, 0.3) is 0 Å². The highest BCUT2D eigenvalue weighted by atomic mass is 16.3. The van der Waals surface area contributed by atoms with Crippen LogP contribution in [0.3, 0.4) is 0 Å². The molecule has 0 spiro atoms. The highest BCUT2D eigenvalue weighted by molar-refractivity contribution is 5.32. The minimum atomic E-state index is -0.0426. The van der Waals surface area contributed by atoms with Crippen LogP contribution in [0, 0.1) is 11.8 Å². The number of nitrogens with one attached hydrogen (secondary N) is 1. The summed E-state index contributed by atoms with van der Waals surface area (Å²) in [6, 6.07) is 8.79. The number of fused-ring (bicyclic) bond motifs is 3. The number of likely N-dealkylation sites (N-methyl/N-ethyl adjacent to an activating group) is 1. The molecule has 1 aromatic rings. The molecular formula is C15H21NO. The van der Waals surface area contributed by atoms with Crippen molar-refractivity contribution in [2.75, 3.05) is 13.7 Å². The quantitative estimate of drug-likeness (QED) is 0.813. The SMILES string of the molecule is CNC1(CO)C2CCC1Cc1ccccc1C2. The van der Waals surface area contributed by atoms with Crippen molar-refractivity contribution >= 4 is 0 Å². The topological polar surface area (TPSA) is 32.3 Å². The molecule has 2 aliphatic rings. The Balaban J connectivity index is 2.02. The Morgan fingerprint density at radius 1 is 1.18 bits per heavy atom. The van der Waals surface area contributed by atoms with E-state index in [0.29, 0.717) is 11.8 Å². The van der Waals surface area contributed by atoms with Crippen LogP contribution in [0.1, 0.15) is 24.0 Å². The van der Waals surface area contributed by atoms with Crippen LogP contribution in [0.2, 0.25) is 0 Å². The average molecular weight is 231 g/mol. The zero-order valence-electron chi connectivity index (χ0n) is 10.4. The molecule has 0 aliphatic heterocycles. The molecule has 2 N–H and O–H groups in total. The molecule has 0 amide bonds. The van der Waals surface area contributed by atoms with Crippen LogP contribution >= 0.6 is 0 Å². The number of rotatable bonds is 2. The summed E-state index contributed by atoms with van der Waals surface area (Å²) in [4.78, 5) is 0. The second-order valence-corrected chi connectivity index (χ2v) is 5.60. The molecule has 2 aliphatic carbocycles. The molecule has 17 heavy (non-hydrogen) atoms. The molecule has 2 unspecified atom stereocenters. The van der Waals surface area contributed by atoms with Gasteiger partial charge < -0.3 is 10.4 Å². The second kappa shape index (κ2) is 4.11. The fourth-order valence-electron chi connectivity index (χ4n) is 4.05. The summed E-state index contributed by atoms with van der Waals surface area (Å²) in [6.07, 6.45) is 4.74. The first-order valence-electron chi connectivity index (χ1n) is 6.66. The normalized spacial score (nSPS) is 35.4. The zero-order chi connectivity index (χ0) is 11.9. The first-order chi connectivity index (χ1) is 8.30. The molecule has 2 nitrogen and oxygen atoms in total. The number of aliphatic hydroxyl groups excluding tert-OH is 1. The van der Waals surface area contributed by atoms with E-state index in [0.717, 1.165) is 12.8 Å². The molecular weight excluding hydrogens is 210 g/mol. The van der Waals surface area contributed by atoms with E-state index >= 15 is 0 Å². The molecule has 3 rings (SSSR count). The number of aliphatic hydroxyl groups is 1. The molecule has 1 aromatic carbocycles. The van der Waals surface area contributed by atoms with Gasteiger partial charge in [0.05, 0.1) is 6.61 Å². The van der Waals surface area contributed by atoms with Crippen LogP contribution in [0.5, 0.6) is 0 Å². The van der Waals surface area contributed by atoms with Crippen molar-refractivity contribution in [3.8, 4) is 0 Å². The Morgan fingerprint density at radius 3 is 2.12 bits per heavy atom. The van der Waals surface area contributed by atoms with Crippen molar-refractivity contribution in [1.82, 2.24) is 5.32 Å². The predicted molar refractivity (Wildman–Crippen MR) is 68.9 cm³/mol. The van der Waals surface area contributed by atoms with E-state index in [9.17, 15) is 5.11 Å². The highest BCUT2D eigenvalue weighted by Gasteiger charge is 2.50. The minimum absolute atomic E-state index is 0.0426. The van der Waals surface area contributed by atoms with Gasteiger partial charge in [-0.1, -0.05) is 24.3 Å². The highest BCUT2D eigenvalue weighted by Crippen LogP contribution is 2.46. The third-order valence-electron chi connectivity index (χ3n) is 5.10. The van der Waals surface area contributed by atoms with Gasteiger partial charge in [0.2, 0.25) is 0 Å². The summed E-state index contributed by atoms with van der Waals surface area (Å²) in [6.45, 7) is 0.271. The van der Waals surface area contributed by atoms with E-state index in [2.05, 4.69) is 29.6 Å². The molecule has 2 atom stereocenters. The molecule has 1 fully saturated rings. The van der Waals surface area contributed by atoms with Gasteiger partial charge in [-0.2, -0.15) is 0 Å². The van der Waals surface area contributed by atoms with Gasteiger partial charge in [-0.15, -0.1) is 0 Å². The Morgan fingerprint density at radius 2 is 1.71 bits per heavy atom. The fourth-order valence-corrected chi connectivity index (χ4v) is 4.05. The molecule has 0 aromatic heterocycles. The number of hydrogen-bond donors (Lipinski definition) is 2. The summed E-state index contributed by atoms with van der Waals surface area (Å²) in [5, 5.41) is 13.3. The van der Waals surface area contributed by atoms with E-state index in [-0.39, 0.29) is 12.1 Å². The molecule has 1 saturated carbocycles. The Bertz CT molecular complexity index is 376. The summed E-state index contributed by atoms with van der Waals surface area (Å²) >= 11 is 0. The Hall–Kier alpha value is -0.860. The van der Waals surface area contributed by atoms with Gasteiger partial charge in [-0.05, 0) is 55.7 Å². The van der Waals surface area contributed by atoms with Crippen LogP contribution in [0.25, 0.3) is 0 Å². The summed E-state index contributed by atoms with van der Waals surface area (Å²) in [7, 11) is 2.01. The van der Waals surface area contributed by atoms with Gasteiger partial charge in [0.15, 0.2) is 0 Å². The monoisotopic (exact) mass is 231 g/mol. The maximum Gasteiger partial charge on any atom is 0.0618 e. The second-order valence-electron chi connectivity index (χ2n) is 5.60. The summed E-state index contributed by atoms with van der Waals surface area (Å²) in [5.74, 6) is 1.18. The van der Waals surface area contributed by atoms with E-state index < -0.39 is 0 Å². The van der Waals surface area contributed by atoms with E-state index in [1.54, 1.807) is 0 Å². The lowest BCUT2D eigenvalue weighted by atomic mass is 9.79. The van der Waals surface area contributed by atoms with E-state index in [1.807, 2.05) is 7.05 Å². The summed E-state index contributed by atoms with van der Waals surface area (Å²) < 4.78 is 0. The molecule has 0 heterocycles. The van der Waals surface area contributed by atoms with Gasteiger partial charge in [0, 0.05) is 5.54 Å². The largest absolute Gasteiger partial charge is 0.394 e. The van der Waals surface area contributed by atoms with Crippen molar-refractivity contribution in [2.24, 2.45) is 11.8 Å². The average Bonchev–Trinajstić information content (AvgIpc) is 2.61. The van der Waals surface area contributed by atoms with Crippen LogP contribution in [0.15, 0.2) is 24.3 Å². The Kier molecular flexibility index (Phi) is 2.72. The van der Waals surface area contributed by atoms with Crippen LogP contribution < -0.4 is 5.32 Å². The van der Waals surface area contributed by atoms with Crippen LogP contribution in [-0.2, 0) is 12.8 Å². The Labute approximate surface area is 103 Å². The summed E-state index contributed by atoms with van der Waals surface area (Å²) in [5.41, 5.74) is 2.94. The van der Waals surface area contributed by atoms with Gasteiger partial charge in [0.1, 0.15) is 0 Å². The van der Waals surface area contributed by atoms with Crippen LogP contribution in [-0.4, -0.2) is 24.3 Å². The standard InChI is InChI=1S/C15H21NO/c1-16-15(10-17)13-6-7-14(15)9-12-5-3-2-4-11(12)8-13/h2-5,13-14,16-17H,6-10H2,1H3. The van der Waals surface area contributed by atoms with Crippen LogP contribution in [0.4, 0.5) is 0 Å². The van der Waals surface area contributed by atoms with Crippen molar-refractivity contribution in [3.63, 3.8) is 0 Å². The van der Waals surface area contributed by atoms with Crippen molar-refractivity contribution in [3.05, 3.63) is 35.4 Å². The minimum Gasteiger partial charge on any atom is -0.394 e. The van der Waals surface area contributed by atoms with Crippen molar-refractivity contribution in [1.29, 1.82) is 0 Å². The lowest BCUT2D eigenvalue weighted by molar-refractivity contribution is 0.0969. The zero-order valence-corrected chi connectivity index (χ0v) is 10.4. The molecule has 2 bridgehead atoms. The lowest BCUT2D eigenvalue weighted by Gasteiger charge is -2.37. The van der Waals surface area contributed by atoms with Gasteiger partial charge in [-0.3, -0.25) is 0 Å². The fraction of sp³-hybridized carbons (Fsp3) is 0.600. The maximum absolute atomic E-state index is 9.86. The molecule has 0 saturated heterocycles. The van der Waals surface area contributed by atoms with E-state index in [1.165, 1.54) is 24.0 Å². The smallest absolute Gasteiger partial charge is 0.0618 e. The third kappa shape index (κ3) is 1.54. The first-order valence-corrected chi connectivity index (χ1v) is 6.66. The first kappa shape index (κ1) is 11.2. The molecule has 0 radical (unpaired) electrons. The maximum atomic E-state index is 9.86. The molecule has 2 heteroatoms. The van der Waals surface area contributed by atoms with E-state index in [4.69, 9.17) is 0 Å². The third-order valence-corrected chi connectivity index (χ3v) is 5.10. The van der Waals surface area contributed by atoms with Gasteiger partial charge >= 0.3 is 0 Å².